The largest absolute Gasteiger partial charge is 0.486 e. The zero-order valence-electron chi connectivity index (χ0n) is 9.51. The van der Waals surface area contributed by atoms with E-state index in [1.54, 1.807) is 20.8 Å². The summed E-state index contributed by atoms with van der Waals surface area (Å²) in [5, 5.41) is 0. The van der Waals surface area contributed by atoms with E-state index < -0.39 is 17.0 Å². The first-order valence-corrected chi connectivity index (χ1v) is 4.91. The fraction of sp³-hybridized carbons (Fsp3) is 0.417. The van der Waals surface area contributed by atoms with Gasteiger partial charge in [-0.1, -0.05) is 20.8 Å². The second kappa shape index (κ2) is 4.60. The number of benzene rings is 1. The molecule has 4 heteroatoms. The average molecular weight is 228 g/mol. The van der Waals surface area contributed by atoms with Crippen molar-refractivity contribution in [2.75, 3.05) is 6.61 Å². The molecule has 0 aliphatic heterocycles. The number of hydrogen-bond donors (Lipinski definition) is 0. The van der Waals surface area contributed by atoms with Gasteiger partial charge in [0.15, 0.2) is 5.78 Å². The van der Waals surface area contributed by atoms with Gasteiger partial charge in [-0.3, -0.25) is 4.79 Å². The van der Waals surface area contributed by atoms with Crippen LogP contribution in [0.4, 0.5) is 8.78 Å². The van der Waals surface area contributed by atoms with Crippen LogP contribution in [0.3, 0.4) is 0 Å². The first-order valence-electron chi connectivity index (χ1n) is 4.91. The molecule has 1 aromatic carbocycles. The lowest BCUT2D eigenvalue weighted by atomic mass is 9.91. The minimum atomic E-state index is -0.724. The Morgan fingerprint density at radius 1 is 1.19 bits per heavy atom. The van der Waals surface area contributed by atoms with Gasteiger partial charge in [0.1, 0.15) is 24.0 Å². The van der Waals surface area contributed by atoms with Gasteiger partial charge in [0.25, 0.3) is 0 Å². The van der Waals surface area contributed by atoms with Gasteiger partial charge in [0, 0.05) is 23.6 Å². The molecule has 88 valence electrons. The van der Waals surface area contributed by atoms with Gasteiger partial charge in [-0.15, -0.1) is 0 Å². The highest BCUT2D eigenvalue weighted by atomic mass is 19.1. The monoisotopic (exact) mass is 228 g/mol. The molecule has 0 radical (unpaired) electrons. The first kappa shape index (κ1) is 12.6. The fourth-order valence-corrected chi connectivity index (χ4v) is 0.977. The van der Waals surface area contributed by atoms with Crippen molar-refractivity contribution in [1.82, 2.24) is 0 Å². The summed E-state index contributed by atoms with van der Waals surface area (Å²) in [7, 11) is 0. The predicted octanol–water partition coefficient (Wildman–Crippen LogP) is 2.96. The Hall–Kier alpha value is -1.45. The molecule has 2 nitrogen and oxygen atoms in total. The average Bonchev–Trinajstić information content (AvgIpc) is 2.11. The van der Waals surface area contributed by atoms with Gasteiger partial charge in [0.05, 0.1) is 0 Å². The van der Waals surface area contributed by atoms with Crippen LogP contribution in [0.25, 0.3) is 0 Å². The number of hydrogen-bond acceptors (Lipinski definition) is 2. The Morgan fingerprint density at radius 3 is 2.12 bits per heavy atom. The van der Waals surface area contributed by atoms with E-state index in [0.717, 1.165) is 18.2 Å². The van der Waals surface area contributed by atoms with Crippen molar-refractivity contribution >= 4 is 5.78 Å². The maximum absolute atomic E-state index is 12.8. The summed E-state index contributed by atoms with van der Waals surface area (Å²) in [6.45, 7) is 5.08. The van der Waals surface area contributed by atoms with Crippen molar-refractivity contribution in [3.8, 4) is 5.75 Å². The summed E-state index contributed by atoms with van der Waals surface area (Å²) in [6, 6.07) is 2.83. The van der Waals surface area contributed by atoms with E-state index in [1.165, 1.54) is 0 Å². The van der Waals surface area contributed by atoms with Crippen molar-refractivity contribution in [3.63, 3.8) is 0 Å². The maximum Gasteiger partial charge on any atom is 0.175 e. The van der Waals surface area contributed by atoms with Crippen molar-refractivity contribution in [1.29, 1.82) is 0 Å². The van der Waals surface area contributed by atoms with Crippen LogP contribution in [0.5, 0.6) is 5.75 Å². The molecule has 1 aromatic rings. The van der Waals surface area contributed by atoms with Crippen LogP contribution in [0.1, 0.15) is 20.8 Å². The van der Waals surface area contributed by atoms with Gasteiger partial charge >= 0.3 is 0 Å². The summed E-state index contributed by atoms with van der Waals surface area (Å²) in [5.41, 5.74) is -0.522. The second-order valence-corrected chi connectivity index (χ2v) is 4.57. The highest BCUT2D eigenvalue weighted by Crippen LogP contribution is 2.18. The van der Waals surface area contributed by atoms with Crippen molar-refractivity contribution in [3.05, 3.63) is 29.8 Å². The summed E-state index contributed by atoms with van der Waals surface area (Å²) < 4.78 is 30.6. The molecule has 0 aliphatic rings. The number of carbonyl (C=O) groups is 1. The molecular weight excluding hydrogens is 214 g/mol. The Balaban J connectivity index is 2.65. The van der Waals surface area contributed by atoms with Crippen LogP contribution < -0.4 is 4.74 Å². The Morgan fingerprint density at radius 2 is 1.69 bits per heavy atom. The molecule has 0 bridgehead atoms. The van der Waals surface area contributed by atoms with Gasteiger partial charge in [0.2, 0.25) is 0 Å². The summed E-state index contributed by atoms with van der Waals surface area (Å²) >= 11 is 0. The second-order valence-electron chi connectivity index (χ2n) is 4.57. The summed E-state index contributed by atoms with van der Waals surface area (Å²) in [4.78, 5) is 11.5. The third kappa shape index (κ3) is 3.61. The normalized spacial score (nSPS) is 11.3. The summed E-state index contributed by atoms with van der Waals surface area (Å²) in [6.07, 6.45) is 0. The fourth-order valence-electron chi connectivity index (χ4n) is 0.977. The first-order chi connectivity index (χ1) is 7.29. The van der Waals surface area contributed by atoms with E-state index in [2.05, 4.69) is 0 Å². The number of ketones is 1. The van der Waals surface area contributed by atoms with Crippen LogP contribution >= 0.6 is 0 Å². The van der Waals surface area contributed by atoms with Crippen LogP contribution in [-0.2, 0) is 4.79 Å². The van der Waals surface area contributed by atoms with E-state index in [-0.39, 0.29) is 18.1 Å². The van der Waals surface area contributed by atoms with Crippen LogP contribution in [0.15, 0.2) is 18.2 Å². The Bertz CT molecular complexity index is 374. The number of Topliss-reactive ketones (excluding diaryl/α,β-unsaturated/α-hetero) is 1. The van der Waals surface area contributed by atoms with E-state index in [4.69, 9.17) is 4.74 Å². The molecule has 0 heterocycles. The van der Waals surface area contributed by atoms with Crippen LogP contribution in [0, 0.1) is 17.0 Å². The third-order valence-electron chi connectivity index (χ3n) is 2.04. The predicted molar refractivity (Wildman–Crippen MR) is 56.3 cm³/mol. The maximum atomic E-state index is 12.8. The van der Waals surface area contributed by atoms with Crippen molar-refractivity contribution < 1.29 is 18.3 Å². The SMILES string of the molecule is CC(C)(C)C(=O)COc1cc(F)cc(F)c1. The Kier molecular flexibility index (Phi) is 3.62. The molecule has 16 heavy (non-hydrogen) atoms. The van der Waals surface area contributed by atoms with Crippen LogP contribution in [0.2, 0.25) is 0 Å². The number of carbonyl (C=O) groups excluding carboxylic acids is 1. The quantitative estimate of drug-likeness (QED) is 0.795. The van der Waals surface area contributed by atoms with Crippen molar-refractivity contribution in [2.45, 2.75) is 20.8 Å². The number of ether oxygens (including phenoxy) is 1. The van der Waals surface area contributed by atoms with E-state index >= 15 is 0 Å². The van der Waals surface area contributed by atoms with E-state index in [0.29, 0.717) is 0 Å². The lowest BCUT2D eigenvalue weighted by Crippen LogP contribution is -2.26. The molecule has 0 spiro atoms. The third-order valence-corrected chi connectivity index (χ3v) is 2.04. The Labute approximate surface area is 93.2 Å². The molecule has 0 amide bonds. The molecule has 1 rings (SSSR count). The molecule has 0 saturated carbocycles. The number of rotatable bonds is 3. The molecular formula is C12H14F2O2. The molecule has 0 aliphatic carbocycles. The molecule has 0 atom stereocenters. The molecule has 0 fully saturated rings. The molecule has 0 N–H and O–H groups in total. The topological polar surface area (TPSA) is 26.3 Å². The van der Waals surface area contributed by atoms with Crippen molar-refractivity contribution in [2.24, 2.45) is 5.41 Å². The highest BCUT2D eigenvalue weighted by Gasteiger charge is 2.21. The lowest BCUT2D eigenvalue weighted by Gasteiger charge is -2.16. The smallest absolute Gasteiger partial charge is 0.175 e. The standard InChI is InChI=1S/C12H14F2O2/c1-12(2,3)11(15)7-16-10-5-8(13)4-9(14)6-10/h4-6H,7H2,1-3H3. The zero-order valence-corrected chi connectivity index (χ0v) is 9.51. The van der Waals surface area contributed by atoms with Gasteiger partial charge in [-0.2, -0.15) is 0 Å². The number of halogens is 2. The highest BCUT2D eigenvalue weighted by molar-refractivity contribution is 5.85. The van der Waals surface area contributed by atoms with Crippen LogP contribution in [-0.4, -0.2) is 12.4 Å². The van der Waals surface area contributed by atoms with Gasteiger partial charge < -0.3 is 4.74 Å². The molecule has 0 aromatic heterocycles. The van der Waals surface area contributed by atoms with E-state index in [1.807, 2.05) is 0 Å². The minimum Gasteiger partial charge on any atom is -0.486 e. The lowest BCUT2D eigenvalue weighted by molar-refractivity contribution is -0.128. The summed E-state index contributed by atoms with van der Waals surface area (Å²) in [5.74, 6) is -1.55. The van der Waals surface area contributed by atoms with Gasteiger partial charge in [-0.25, -0.2) is 8.78 Å². The molecule has 0 saturated heterocycles. The minimum absolute atomic E-state index is 0.0232. The van der Waals surface area contributed by atoms with E-state index in [9.17, 15) is 13.6 Å². The zero-order chi connectivity index (χ0) is 12.3. The van der Waals surface area contributed by atoms with Gasteiger partial charge in [-0.05, 0) is 0 Å². The molecule has 0 unspecified atom stereocenters.